The van der Waals surface area contributed by atoms with E-state index in [2.05, 4.69) is 0 Å². The van der Waals surface area contributed by atoms with Gasteiger partial charge in [-0.15, -0.1) is 0 Å². The van der Waals surface area contributed by atoms with Gasteiger partial charge in [0, 0.05) is 0 Å². The standard InChI is InChI=1S/C9H10O2/c10-7-4-8-11-9-5-2-1-3-6-9/h1-7,10H,8H2. The van der Waals surface area contributed by atoms with Crippen molar-refractivity contribution < 1.29 is 9.84 Å². The van der Waals surface area contributed by atoms with Gasteiger partial charge in [-0.05, 0) is 18.2 Å². The topological polar surface area (TPSA) is 29.5 Å². The molecule has 0 aliphatic rings. The largest absolute Gasteiger partial charge is 0.516 e. The van der Waals surface area contributed by atoms with Crippen LogP contribution in [0.1, 0.15) is 0 Å². The SMILES string of the molecule is OC=CCOc1ccccc1. The van der Waals surface area contributed by atoms with E-state index in [1.165, 1.54) is 6.08 Å². The van der Waals surface area contributed by atoms with Crippen LogP contribution in [0.25, 0.3) is 0 Å². The molecule has 0 saturated carbocycles. The van der Waals surface area contributed by atoms with Crippen LogP contribution in [0.3, 0.4) is 0 Å². The number of rotatable bonds is 3. The lowest BCUT2D eigenvalue weighted by Crippen LogP contribution is -1.91. The summed E-state index contributed by atoms with van der Waals surface area (Å²) in [5, 5.41) is 8.28. The summed E-state index contributed by atoms with van der Waals surface area (Å²) in [5.41, 5.74) is 0. The summed E-state index contributed by atoms with van der Waals surface area (Å²) in [4.78, 5) is 0. The number of ether oxygens (including phenoxy) is 1. The van der Waals surface area contributed by atoms with Crippen molar-refractivity contribution in [1.29, 1.82) is 0 Å². The van der Waals surface area contributed by atoms with Gasteiger partial charge >= 0.3 is 0 Å². The molecule has 1 N–H and O–H groups in total. The van der Waals surface area contributed by atoms with E-state index in [1.807, 2.05) is 30.3 Å². The molecule has 1 aromatic rings. The average Bonchev–Trinajstić information content (AvgIpc) is 2.07. The molecular formula is C9H10O2. The first-order valence-electron chi connectivity index (χ1n) is 3.40. The molecule has 2 nitrogen and oxygen atoms in total. The molecule has 0 fully saturated rings. The zero-order valence-corrected chi connectivity index (χ0v) is 6.10. The summed E-state index contributed by atoms with van der Waals surface area (Å²) in [6.07, 6.45) is 2.51. The summed E-state index contributed by atoms with van der Waals surface area (Å²) in [5.74, 6) is 0.811. The first kappa shape index (κ1) is 7.66. The Balaban J connectivity index is 2.39. The molecule has 0 bridgehead atoms. The molecular weight excluding hydrogens is 140 g/mol. The van der Waals surface area contributed by atoms with Gasteiger partial charge in [-0.2, -0.15) is 0 Å². The zero-order chi connectivity index (χ0) is 7.94. The van der Waals surface area contributed by atoms with Crippen LogP contribution < -0.4 is 4.74 Å². The lowest BCUT2D eigenvalue weighted by Gasteiger charge is -2.00. The highest BCUT2D eigenvalue weighted by Gasteiger charge is 1.85. The summed E-state index contributed by atoms with van der Waals surface area (Å²) in [6.45, 7) is 0.403. The van der Waals surface area contributed by atoms with E-state index in [0.29, 0.717) is 6.61 Å². The zero-order valence-electron chi connectivity index (χ0n) is 6.10. The second-order valence-electron chi connectivity index (χ2n) is 2.01. The third-order valence-electron chi connectivity index (χ3n) is 1.19. The maximum absolute atomic E-state index is 8.28. The van der Waals surface area contributed by atoms with Crippen molar-refractivity contribution in [2.24, 2.45) is 0 Å². The predicted octanol–water partition coefficient (Wildman–Crippen LogP) is 2.14. The van der Waals surface area contributed by atoms with E-state index < -0.39 is 0 Å². The van der Waals surface area contributed by atoms with E-state index in [9.17, 15) is 0 Å². The molecule has 0 aliphatic carbocycles. The van der Waals surface area contributed by atoms with Crippen LogP contribution in [0.5, 0.6) is 5.75 Å². The third kappa shape index (κ3) is 2.76. The molecule has 0 saturated heterocycles. The monoisotopic (exact) mass is 150 g/mol. The van der Waals surface area contributed by atoms with Gasteiger partial charge in [0.1, 0.15) is 12.4 Å². The number of aliphatic hydroxyl groups is 1. The summed E-state index contributed by atoms with van der Waals surface area (Å²) >= 11 is 0. The van der Waals surface area contributed by atoms with Crippen molar-refractivity contribution in [1.82, 2.24) is 0 Å². The van der Waals surface area contributed by atoms with E-state index in [1.54, 1.807) is 0 Å². The van der Waals surface area contributed by atoms with Gasteiger partial charge in [-0.1, -0.05) is 18.2 Å². The van der Waals surface area contributed by atoms with Gasteiger partial charge in [0.2, 0.25) is 0 Å². The van der Waals surface area contributed by atoms with Crippen molar-refractivity contribution in [2.75, 3.05) is 6.61 Å². The van der Waals surface area contributed by atoms with Crippen LogP contribution in [0.2, 0.25) is 0 Å². The molecule has 1 aromatic carbocycles. The van der Waals surface area contributed by atoms with Crippen molar-refractivity contribution in [3.8, 4) is 5.75 Å². The van der Waals surface area contributed by atoms with Crippen LogP contribution >= 0.6 is 0 Å². The summed E-state index contributed by atoms with van der Waals surface area (Å²) in [7, 11) is 0. The van der Waals surface area contributed by atoms with Gasteiger partial charge < -0.3 is 9.84 Å². The fourth-order valence-corrected chi connectivity index (χ4v) is 0.704. The maximum atomic E-state index is 8.28. The third-order valence-corrected chi connectivity index (χ3v) is 1.19. The molecule has 0 aliphatic heterocycles. The minimum Gasteiger partial charge on any atom is -0.516 e. The smallest absolute Gasteiger partial charge is 0.119 e. The summed E-state index contributed by atoms with van der Waals surface area (Å²) in [6, 6.07) is 9.46. The van der Waals surface area contributed by atoms with Gasteiger partial charge in [0.15, 0.2) is 0 Å². The first-order chi connectivity index (χ1) is 5.43. The molecule has 0 aromatic heterocycles. The maximum Gasteiger partial charge on any atom is 0.119 e. The van der Waals surface area contributed by atoms with Crippen molar-refractivity contribution in [2.45, 2.75) is 0 Å². The Hall–Kier alpha value is -1.44. The van der Waals surface area contributed by atoms with Gasteiger partial charge in [-0.25, -0.2) is 0 Å². The lowest BCUT2D eigenvalue weighted by molar-refractivity contribution is 0.356. The van der Waals surface area contributed by atoms with Crippen molar-refractivity contribution in [3.05, 3.63) is 42.7 Å². The van der Waals surface area contributed by atoms with E-state index in [4.69, 9.17) is 9.84 Å². The van der Waals surface area contributed by atoms with E-state index >= 15 is 0 Å². The molecule has 0 amide bonds. The molecule has 1 rings (SSSR count). The molecule has 0 radical (unpaired) electrons. The molecule has 2 heteroatoms. The highest BCUT2D eigenvalue weighted by atomic mass is 16.5. The van der Waals surface area contributed by atoms with Crippen LogP contribution in [-0.2, 0) is 0 Å². The molecule has 0 atom stereocenters. The molecule has 0 unspecified atom stereocenters. The Morgan fingerprint density at radius 1 is 1.27 bits per heavy atom. The normalized spacial score (nSPS) is 10.2. The fourth-order valence-electron chi connectivity index (χ4n) is 0.704. The van der Waals surface area contributed by atoms with Gasteiger partial charge in [0.05, 0.1) is 6.26 Å². The number of aliphatic hydroxyl groups excluding tert-OH is 1. The van der Waals surface area contributed by atoms with Crippen LogP contribution in [0.15, 0.2) is 42.7 Å². The molecule has 0 spiro atoms. The van der Waals surface area contributed by atoms with Gasteiger partial charge in [0.25, 0.3) is 0 Å². The predicted molar refractivity (Wildman–Crippen MR) is 43.7 cm³/mol. The second kappa shape index (κ2) is 4.39. The van der Waals surface area contributed by atoms with Crippen molar-refractivity contribution in [3.63, 3.8) is 0 Å². The number of benzene rings is 1. The molecule has 11 heavy (non-hydrogen) atoms. The quantitative estimate of drug-likeness (QED) is 0.669. The Kier molecular flexibility index (Phi) is 3.06. The van der Waals surface area contributed by atoms with Gasteiger partial charge in [-0.3, -0.25) is 0 Å². The number of para-hydroxylation sites is 1. The Morgan fingerprint density at radius 2 is 2.00 bits per heavy atom. The molecule has 0 heterocycles. The Labute approximate surface area is 65.7 Å². The van der Waals surface area contributed by atoms with Crippen LogP contribution in [0.4, 0.5) is 0 Å². The summed E-state index contributed by atoms with van der Waals surface area (Å²) < 4.78 is 5.20. The highest BCUT2D eigenvalue weighted by Crippen LogP contribution is 2.07. The average molecular weight is 150 g/mol. The lowest BCUT2D eigenvalue weighted by atomic mass is 10.3. The van der Waals surface area contributed by atoms with Crippen molar-refractivity contribution >= 4 is 0 Å². The molecule has 58 valence electrons. The Bertz CT molecular complexity index is 216. The fraction of sp³-hybridized carbons (Fsp3) is 0.111. The van der Waals surface area contributed by atoms with E-state index in [-0.39, 0.29) is 0 Å². The number of hydrogen-bond donors (Lipinski definition) is 1. The first-order valence-corrected chi connectivity index (χ1v) is 3.40. The minimum absolute atomic E-state index is 0.403. The van der Waals surface area contributed by atoms with Crippen LogP contribution in [-0.4, -0.2) is 11.7 Å². The Morgan fingerprint density at radius 3 is 2.64 bits per heavy atom. The second-order valence-corrected chi connectivity index (χ2v) is 2.01. The highest BCUT2D eigenvalue weighted by molar-refractivity contribution is 5.21. The van der Waals surface area contributed by atoms with E-state index in [0.717, 1.165) is 12.0 Å². The van der Waals surface area contributed by atoms with Crippen LogP contribution in [0, 0.1) is 0 Å². The minimum atomic E-state index is 0.403. The number of hydrogen-bond acceptors (Lipinski definition) is 2.